The molecule has 0 saturated carbocycles. The summed E-state index contributed by atoms with van der Waals surface area (Å²) in [6.45, 7) is 5.97. The van der Waals surface area contributed by atoms with Crippen LogP contribution in [0.1, 0.15) is 36.5 Å². The summed E-state index contributed by atoms with van der Waals surface area (Å²) in [5.74, 6) is 0.159. The number of anilines is 1. The average Bonchev–Trinajstić information content (AvgIpc) is 2.80. The first kappa shape index (κ1) is 27.2. The van der Waals surface area contributed by atoms with Gasteiger partial charge in [0.1, 0.15) is 11.8 Å². The zero-order valence-corrected chi connectivity index (χ0v) is 21.6. The highest BCUT2D eigenvalue weighted by atomic mass is 32.2. The maximum atomic E-state index is 13.2. The molecule has 0 aliphatic heterocycles. The summed E-state index contributed by atoms with van der Waals surface area (Å²) in [7, 11) is -0.429. The Balaban J connectivity index is 2.17. The van der Waals surface area contributed by atoms with Gasteiger partial charge in [0.05, 0.1) is 19.1 Å². The molecule has 2 aromatic rings. The molecule has 8 nitrogen and oxygen atoms in total. The number of methoxy groups -OCH3 is 1. The minimum Gasteiger partial charge on any atom is -0.497 e. The number of hydrogen-bond donors (Lipinski definition) is 1. The van der Waals surface area contributed by atoms with Gasteiger partial charge in [-0.2, -0.15) is 0 Å². The molecular formula is C25H35N3O5S. The average molecular weight is 490 g/mol. The van der Waals surface area contributed by atoms with Crippen molar-refractivity contribution in [2.24, 2.45) is 0 Å². The van der Waals surface area contributed by atoms with E-state index in [0.29, 0.717) is 17.9 Å². The predicted molar refractivity (Wildman–Crippen MR) is 134 cm³/mol. The Morgan fingerprint density at radius 1 is 1.09 bits per heavy atom. The number of amides is 2. The molecule has 0 saturated heterocycles. The largest absolute Gasteiger partial charge is 0.497 e. The molecule has 0 bridgehead atoms. The molecule has 0 aromatic heterocycles. The van der Waals surface area contributed by atoms with Crippen molar-refractivity contribution in [1.29, 1.82) is 0 Å². The fourth-order valence-corrected chi connectivity index (χ4v) is 4.60. The molecule has 0 spiro atoms. The Morgan fingerprint density at radius 2 is 1.79 bits per heavy atom. The number of likely N-dealkylation sites (N-methyl/N-ethyl adjacent to an activating group) is 1. The molecule has 186 valence electrons. The first-order valence-electron chi connectivity index (χ1n) is 11.2. The number of carbonyl (C=O) groups is 2. The summed E-state index contributed by atoms with van der Waals surface area (Å²) in [6.07, 6.45) is 1.57. The van der Waals surface area contributed by atoms with Crippen molar-refractivity contribution in [3.8, 4) is 5.75 Å². The highest BCUT2D eigenvalue weighted by Gasteiger charge is 2.26. The molecule has 1 N–H and O–H groups in total. The lowest BCUT2D eigenvalue weighted by atomic mass is 10.1. The lowest BCUT2D eigenvalue weighted by molar-refractivity contribution is -0.140. The van der Waals surface area contributed by atoms with Crippen LogP contribution in [0.25, 0.3) is 0 Å². The molecule has 1 atom stereocenters. The zero-order chi connectivity index (χ0) is 25.5. The number of rotatable bonds is 11. The molecule has 2 aromatic carbocycles. The maximum Gasteiger partial charge on any atom is 0.242 e. The standard InChI is InChI=1S/C25H35N3O5S/c1-18-12-13-22(15-19(18)2)28(34(6,31)32)14-8-11-24(29)27(20(3)25(30)26-4)17-21-9-7-10-23(16-21)33-5/h7,9-10,12-13,15-16,20H,8,11,14,17H2,1-6H3,(H,26,30)/t20-/m0/s1. The second-order valence-corrected chi connectivity index (χ2v) is 10.3. The van der Waals surface area contributed by atoms with E-state index in [9.17, 15) is 18.0 Å². The van der Waals surface area contributed by atoms with Crippen molar-refractivity contribution in [2.75, 3.05) is 31.3 Å². The van der Waals surface area contributed by atoms with Gasteiger partial charge in [0.2, 0.25) is 21.8 Å². The minimum atomic E-state index is -3.53. The number of nitrogens with one attached hydrogen (secondary N) is 1. The van der Waals surface area contributed by atoms with Gasteiger partial charge in [0.15, 0.2) is 0 Å². The van der Waals surface area contributed by atoms with Crippen LogP contribution in [0.5, 0.6) is 5.75 Å². The number of ether oxygens (including phenoxy) is 1. The van der Waals surface area contributed by atoms with E-state index in [4.69, 9.17) is 4.74 Å². The van der Waals surface area contributed by atoms with Crippen molar-refractivity contribution in [2.45, 2.75) is 46.2 Å². The number of aryl methyl sites for hydroxylation is 2. The topological polar surface area (TPSA) is 96.0 Å². The van der Waals surface area contributed by atoms with Gasteiger partial charge in [-0.3, -0.25) is 13.9 Å². The number of carbonyl (C=O) groups excluding carboxylic acids is 2. The van der Waals surface area contributed by atoms with Crippen molar-refractivity contribution < 1.29 is 22.7 Å². The second kappa shape index (κ2) is 11.9. The molecule has 0 aliphatic carbocycles. The molecule has 34 heavy (non-hydrogen) atoms. The summed E-state index contributed by atoms with van der Waals surface area (Å²) in [5, 5.41) is 2.59. The Morgan fingerprint density at radius 3 is 2.38 bits per heavy atom. The van der Waals surface area contributed by atoms with E-state index in [2.05, 4.69) is 5.32 Å². The molecule has 0 aliphatic rings. The monoisotopic (exact) mass is 489 g/mol. The predicted octanol–water partition coefficient (Wildman–Crippen LogP) is 3.02. The third kappa shape index (κ3) is 7.21. The third-order valence-corrected chi connectivity index (χ3v) is 7.03. The van der Waals surface area contributed by atoms with Crippen LogP contribution in [0.3, 0.4) is 0 Å². The Hall–Kier alpha value is -3.07. The van der Waals surface area contributed by atoms with E-state index in [1.165, 1.54) is 16.3 Å². The highest BCUT2D eigenvalue weighted by Crippen LogP contribution is 2.22. The summed E-state index contributed by atoms with van der Waals surface area (Å²) in [6, 6.07) is 12.1. The normalized spacial score (nSPS) is 12.1. The zero-order valence-electron chi connectivity index (χ0n) is 20.8. The quantitative estimate of drug-likeness (QED) is 0.523. The van der Waals surface area contributed by atoms with E-state index in [1.54, 1.807) is 20.1 Å². The van der Waals surface area contributed by atoms with Crippen LogP contribution >= 0.6 is 0 Å². The summed E-state index contributed by atoms with van der Waals surface area (Å²) in [5.41, 5.74) is 3.47. The fraction of sp³-hybridized carbons (Fsp3) is 0.440. The van der Waals surface area contributed by atoms with Crippen LogP contribution in [0, 0.1) is 13.8 Å². The van der Waals surface area contributed by atoms with Gasteiger partial charge < -0.3 is 15.0 Å². The Kier molecular flexibility index (Phi) is 9.49. The lowest BCUT2D eigenvalue weighted by Gasteiger charge is -2.29. The van der Waals surface area contributed by atoms with Gasteiger partial charge in [-0.1, -0.05) is 18.2 Å². The number of benzene rings is 2. The van der Waals surface area contributed by atoms with Gasteiger partial charge in [-0.15, -0.1) is 0 Å². The molecule has 9 heteroatoms. The van der Waals surface area contributed by atoms with E-state index < -0.39 is 16.1 Å². The lowest BCUT2D eigenvalue weighted by Crippen LogP contribution is -2.46. The van der Waals surface area contributed by atoms with Gasteiger partial charge >= 0.3 is 0 Å². The van der Waals surface area contributed by atoms with Gasteiger partial charge in [0.25, 0.3) is 0 Å². The summed E-state index contributed by atoms with van der Waals surface area (Å²) in [4.78, 5) is 27.0. The summed E-state index contributed by atoms with van der Waals surface area (Å²) < 4.78 is 31.5. The molecular weight excluding hydrogens is 454 g/mol. The van der Waals surface area contributed by atoms with Gasteiger partial charge in [-0.25, -0.2) is 8.42 Å². The number of sulfonamides is 1. The van der Waals surface area contributed by atoms with Crippen molar-refractivity contribution in [1.82, 2.24) is 10.2 Å². The summed E-state index contributed by atoms with van der Waals surface area (Å²) >= 11 is 0. The van der Waals surface area contributed by atoms with E-state index in [-0.39, 0.29) is 31.3 Å². The van der Waals surface area contributed by atoms with Crippen molar-refractivity contribution >= 4 is 27.5 Å². The van der Waals surface area contributed by atoms with E-state index >= 15 is 0 Å². The highest BCUT2D eigenvalue weighted by molar-refractivity contribution is 7.92. The van der Waals surface area contributed by atoms with Crippen LogP contribution in [0.4, 0.5) is 5.69 Å². The van der Waals surface area contributed by atoms with Crippen LogP contribution in [-0.4, -0.2) is 58.1 Å². The molecule has 2 amide bonds. The first-order chi connectivity index (χ1) is 16.0. The third-order valence-electron chi connectivity index (χ3n) is 5.83. The minimum absolute atomic E-state index is 0.0994. The SMILES string of the molecule is CNC(=O)[C@H](C)N(Cc1cccc(OC)c1)C(=O)CCCN(c1ccc(C)c(C)c1)S(C)(=O)=O. The van der Waals surface area contributed by atoms with Gasteiger partial charge in [0, 0.05) is 26.6 Å². The number of hydrogen-bond acceptors (Lipinski definition) is 5. The first-order valence-corrected chi connectivity index (χ1v) is 13.0. The van der Waals surface area contributed by atoms with Crippen LogP contribution < -0.4 is 14.4 Å². The molecule has 0 radical (unpaired) electrons. The smallest absolute Gasteiger partial charge is 0.242 e. The van der Waals surface area contributed by atoms with Crippen LogP contribution in [0.2, 0.25) is 0 Å². The van der Waals surface area contributed by atoms with Crippen molar-refractivity contribution in [3.63, 3.8) is 0 Å². The van der Waals surface area contributed by atoms with Crippen LogP contribution in [0.15, 0.2) is 42.5 Å². The molecule has 0 fully saturated rings. The van der Waals surface area contributed by atoms with E-state index in [1.807, 2.05) is 50.2 Å². The molecule has 0 heterocycles. The second-order valence-electron chi connectivity index (χ2n) is 8.37. The maximum absolute atomic E-state index is 13.2. The Labute approximate surface area is 202 Å². The van der Waals surface area contributed by atoms with E-state index in [0.717, 1.165) is 22.9 Å². The number of nitrogens with zero attached hydrogens (tertiary/aromatic N) is 2. The molecule has 0 unspecified atom stereocenters. The fourth-order valence-electron chi connectivity index (χ4n) is 3.64. The Bertz CT molecular complexity index is 1120. The van der Waals surface area contributed by atoms with Crippen molar-refractivity contribution in [3.05, 3.63) is 59.2 Å². The molecule has 2 rings (SSSR count). The van der Waals surface area contributed by atoms with Crippen LogP contribution in [-0.2, 0) is 26.2 Å². The van der Waals surface area contributed by atoms with Gasteiger partial charge in [-0.05, 0) is 68.1 Å².